The lowest BCUT2D eigenvalue weighted by Crippen LogP contribution is -1.92. The number of aryl methyl sites for hydroxylation is 1. The zero-order valence-corrected chi connectivity index (χ0v) is 10.0. The first kappa shape index (κ1) is 11.7. The van der Waals surface area contributed by atoms with Gasteiger partial charge in [-0.15, -0.1) is 10.2 Å². The highest BCUT2D eigenvalue weighted by molar-refractivity contribution is 7.99. The molecule has 17 heavy (non-hydrogen) atoms. The highest BCUT2D eigenvalue weighted by atomic mass is 32.2. The van der Waals surface area contributed by atoms with E-state index in [0.717, 1.165) is 0 Å². The van der Waals surface area contributed by atoms with Gasteiger partial charge in [-0.3, -0.25) is 0 Å². The molecule has 90 valence electrons. The Labute approximate surface area is 101 Å². The second-order valence-electron chi connectivity index (χ2n) is 3.35. The molecular formula is C10H10N2O4S. The van der Waals surface area contributed by atoms with Crippen LogP contribution in [0, 0.1) is 6.92 Å². The number of furan rings is 1. The van der Waals surface area contributed by atoms with Crippen LogP contribution >= 0.6 is 11.8 Å². The van der Waals surface area contributed by atoms with E-state index >= 15 is 0 Å². The predicted molar refractivity (Wildman–Crippen MR) is 59.0 cm³/mol. The van der Waals surface area contributed by atoms with Gasteiger partial charge in [-0.1, -0.05) is 11.8 Å². The number of carboxylic acid groups (broad SMARTS) is 1. The molecule has 2 heterocycles. The highest BCUT2D eigenvalue weighted by Crippen LogP contribution is 2.34. The highest BCUT2D eigenvalue weighted by Gasteiger charge is 2.17. The number of rotatable bonds is 4. The molecule has 2 aromatic rings. The van der Waals surface area contributed by atoms with Crippen molar-refractivity contribution in [2.75, 3.05) is 0 Å². The normalized spacial score (nSPS) is 12.6. The lowest BCUT2D eigenvalue weighted by atomic mass is 10.3. The van der Waals surface area contributed by atoms with Crippen LogP contribution in [0.5, 0.6) is 0 Å². The van der Waals surface area contributed by atoms with Crippen LogP contribution in [0.15, 0.2) is 26.2 Å². The van der Waals surface area contributed by atoms with E-state index in [9.17, 15) is 4.79 Å². The van der Waals surface area contributed by atoms with Crippen LogP contribution in [-0.2, 0) is 0 Å². The zero-order valence-electron chi connectivity index (χ0n) is 9.21. The summed E-state index contributed by atoms with van der Waals surface area (Å²) in [5.41, 5.74) is 0. The fraction of sp³-hybridized carbons (Fsp3) is 0.300. The molecule has 0 aromatic carbocycles. The molecule has 1 unspecified atom stereocenters. The molecule has 7 heteroatoms. The number of aromatic carboxylic acids is 1. The summed E-state index contributed by atoms with van der Waals surface area (Å²) in [4.78, 5) is 10.7. The minimum absolute atomic E-state index is 0.0749. The fourth-order valence-corrected chi connectivity index (χ4v) is 2.02. The Hall–Kier alpha value is -1.76. The van der Waals surface area contributed by atoms with E-state index in [2.05, 4.69) is 10.2 Å². The molecular weight excluding hydrogens is 244 g/mol. The van der Waals surface area contributed by atoms with Crippen molar-refractivity contribution < 1.29 is 18.7 Å². The maximum Gasteiger partial charge on any atom is 0.371 e. The van der Waals surface area contributed by atoms with E-state index in [1.807, 2.05) is 6.92 Å². The molecule has 0 radical (unpaired) electrons. The number of aromatic nitrogens is 2. The Morgan fingerprint density at radius 2 is 2.18 bits per heavy atom. The first-order valence-corrected chi connectivity index (χ1v) is 5.74. The lowest BCUT2D eigenvalue weighted by molar-refractivity contribution is 0.0660. The summed E-state index contributed by atoms with van der Waals surface area (Å²) in [5.74, 6) is -0.107. The molecule has 0 fully saturated rings. The summed E-state index contributed by atoms with van der Waals surface area (Å²) in [6, 6.07) is 3.05. The third-order valence-electron chi connectivity index (χ3n) is 2.02. The van der Waals surface area contributed by atoms with Crippen molar-refractivity contribution in [2.45, 2.75) is 24.3 Å². The Morgan fingerprint density at radius 3 is 2.71 bits per heavy atom. The number of carbonyl (C=O) groups is 1. The zero-order chi connectivity index (χ0) is 12.4. The Morgan fingerprint density at radius 1 is 1.41 bits per heavy atom. The topological polar surface area (TPSA) is 89.4 Å². The minimum atomic E-state index is -1.08. The second-order valence-corrected chi connectivity index (χ2v) is 4.65. The monoisotopic (exact) mass is 254 g/mol. The third kappa shape index (κ3) is 2.68. The lowest BCUT2D eigenvalue weighted by Gasteiger charge is -2.03. The van der Waals surface area contributed by atoms with Crippen molar-refractivity contribution in [1.82, 2.24) is 10.2 Å². The van der Waals surface area contributed by atoms with Crippen molar-refractivity contribution in [3.63, 3.8) is 0 Å². The van der Waals surface area contributed by atoms with Crippen molar-refractivity contribution in [3.8, 4) is 0 Å². The molecule has 0 spiro atoms. The summed E-state index contributed by atoms with van der Waals surface area (Å²) >= 11 is 1.32. The van der Waals surface area contributed by atoms with Gasteiger partial charge in [-0.05, 0) is 19.1 Å². The third-order valence-corrected chi connectivity index (χ3v) is 2.98. The fourth-order valence-electron chi connectivity index (χ4n) is 1.22. The number of carboxylic acids is 1. The average molecular weight is 254 g/mol. The van der Waals surface area contributed by atoms with Gasteiger partial charge in [0.15, 0.2) is 0 Å². The van der Waals surface area contributed by atoms with Gasteiger partial charge >= 0.3 is 5.97 Å². The van der Waals surface area contributed by atoms with Crippen molar-refractivity contribution >= 4 is 17.7 Å². The first-order valence-electron chi connectivity index (χ1n) is 4.86. The van der Waals surface area contributed by atoms with E-state index in [-0.39, 0.29) is 11.0 Å². The SMILES string of the molecule is Cc1nnc(SC(C)c2ccc(C(=O)O)o2)o1. The van der Waals surface area contributed by atoms with E-state index in [1.54, 1.807) is 13.0 Å². The van der Waals surface area contributed by atoms with Gasteiger partial charge in [0.1, 0.15) is 5.76 Å². The quantitative estimate of drug-likeness (QED) is 0.838. The average Bonchev–Trinajstić information content (AvgIpc) is 2.86. The second kappa shape index (κ2) is 4.62. The Balaban J connectivity index is 2.08. The van der Waals surface area contributed by atoms with Crippen LogP contribution in [-0.4, -0.2) is 21.3 Å². The summed E-state index contributed by atoms with van der Waals surface area (Å²) in [7, 11) is 0. The predicted octanol–water partition coefficient (Wildman–Crippen LogP) is 2.52. The van der Waals surface area contributed by atoms with E-state index in [0.29, 0.717) is 16.9 Å². The van der Waals surface area contributed by atoms with Crippen LogP contribution < -0.4 is 0 Å². The molecule has 0 saturated carbocycles. The van der Waals surface area contributed by atoms with E-state index in [4.69, 9.17) is 13.9 Å². The maximum absolute atomic E-state index is 10.7. The minimum Gasteiger partial charge on any atom is -0.475 e. The molecule has 0 aliphatic carbocycles. The van der Waals surface area contributed by atoms with E-state index in [1.165, 1.54) is 17.8 Å². The smallest absolute Gasteiger partial charge is 0.371 e. The molecule has 1 atom stereocenters. The van der Waals surface area contributed by atoms with Crippen LogP contribution in [0.4, 0.5) is 0 Å². The van der Waals surface area contributed by atoms with Crippen LogP contribution in [0.3, 0.4) is 0 Å². The van der Waals surface area contributed by atoms with Crippen molar-refractivity contribution in [3.05, 3.63) is 29.5 Å². The molecule has 1 N–H and O–H groups in total. The largest absolute Gasteiger partial charge is 0.475 e. The van der Waals surface area contributed by atoms with Crippen LogP contribution in [0.2, 0.25) is 0 Å². The summed E-state index contributed by atoms with van der Waals surface area (Å²) in [6.07, 6.45) is 0. The standard InChI is InChI=1S/C10H10N2O4S/c1-5(17-10-12-11-6(2)15-10)7-3-4-8(16-7)9(13)14/h3-5H,1-2H3,(H,13,14). The molecule has 6 nitrogen and oxygen atoms in total. The van der Waals surface area contributed by atoms with E-state index < -0.39 is 5.97 Å². The summed E-state index contributed by atoms with van der Waals surface area (Å²) in [6.45, 7) is 3.58. The molecule has 0 aliphatic heterocycles. The van der Waals surface area contributed by atoms with Crippen molar-refractivity contribution in [2.24, 2.45) is 0 Å². The molecule has 2 rings (SSSR count). The number of hydrogen-bond acceptors (Lipinski definition) is 6. The van der Waals surface area contributed by atoms with Gasteiger partial charge < -0.3 is 13.9 Å². The van der Waals surface area contributed by atoms with Crippen LogP contribution in [0.1, 0.15) is 34.4 Å². The van der Waals surface area contributed by atoms with Gasteiger partial charge in [0.2, 0.25) is 11.7 Å². The van der Waals surface area contributed by atoms with Crippen molar-refractivity contribution in [1.29, 1.82) is 0 Å². The summed E-state index contributed by atoms with van der Waals surface area (Å²) in [5, 5.41) is 16.6. The first-order chi connectivity index (χ1) is 8.06. The van der Waals surface area contributed by atoms with Crippen LogP contribution in [0.25, 0.3) is 0 Å². The Bertz CT molecular complexity index is 534. The molecule has 0 bridgehead atoms. The van der Waals surface area contributed by atoms with Gasteiger partial charge in [0.25, 0.3) is 5.22 Å². The van der Waals surface area contributed by atoms with Gasteiger partial charge in [0, 0.05) is 6.92 Å². The van der Waals surface area contributed by atoms with Gasteiger partial charge in [0.05, 0.1) is 5.25 Å². The molecule has 2 aromatic heterocycles. The summed E-state index contributed by atoms with van der Waals surface area (Å²) < 4.78 is 10.4. The molecule has 0 saturated heterocycles. The molecule has 0 amide bonds. The number of thioether (sulfide) groups is 1. The Kier molecular flexibility index (Phi) is 3.19. The maximum atomic E-state index is 10.7. The van der Waals surface area contributed by atoms with Gasteiger partial charge in [-0.2, -0.15) is 0 Å². The molecule has 0 aliphatic rings. The van der Waals surface area contributed by atoms with Gasteiger partial charge in [-0.25, -0.2) is 4.79 Å². The number of nitrogens with zero attached hydrogens (tertiary/aromatic N) is 2. The number of hydrogen-bond donors (Lipinski definition) is 1.